The molecule has 0 aromatic heterocycles. The number of nitrogens with zero attached hydrogens (tertiary/aromatic N) is 1. The predicted octanol–water partition coefficient (Wildman–Crippen LogP) is 5.20. The maximum Gasteiger partial charge on any atom is 0.411 e. The number of hydrogen-bond acceptors (Lipinski definition) is 4. The molecule has 34 heavy (non-hydrogen) atoms. The van der Waals surface area contributed by atoms with Crippen LogP contribution in [-0.4, -0.2) is 47.7 Å². The number of halogens is 1. The zero-order valence-corrected chi connectivity index (χ0v) is 20.8. The highest BCUT2D eigenvalue weighted by molar-refractivity contribution is 14.1. The second kappa shape index (κ2) is 9.84. The van der Waals surface area contributed by atoms with Gasteiger partial charge in [-0.2, -0.15) is 0 Å². The van der Waals surface area contributed by atoms with E-state index in [1.54, 1.807) is 18.2 Å². The molecular weight excluding hydrogens is 547 g/mol. The van der Waals surface area contributed by atoms with Crippen molar-refractivity contribution in [2.75, 3.05) is 19.0 Å². The molecule has 0 spiro atoms. The second-order valence-electron chi connectivity index (χ2n) is 8.08. The summed E-state index contributed by atoms with van der Waals surface area (Å²) in [5.74, 6) is -1.54. The van der Waals surface area contributed by atoms with E-state index in [0.29, 0.717) is 14.8 Å². The Morgan fingerprint density at radius 1 is 1.03 bits per heavy atom. The predicted molar refractivity (Wildman–Crippen MR) is 137 cm³/mol. The van der Waals surface area contributed by atoms with Gasteiger partial charge in [-0.1, -0.05) is 48.5 Å². The quantitative estimate of drug-likeness (QED) is 0.398. The lowest BCUT2D eigenvalue weighted by Gasteiger charge is -2.21. The molecule has 7 nitrogen and oxygen atoms in total. The standard InChI is InChI=1S/C26H23IN2O5/c1-15(25(31)32)29(2)24(30)16-11-12-23(22(27)13-16)28-26(33)34-14-21-19-9-5-3-7-17(19)18-8-4-6-10-20(18)21/h3-13,15,21H,14H2,1-2H3,(H,28,33)(H,31,32)/t15-/m0/s1. The van der Waals surface area contributed by atoms with E-state index in [0.717, 1.165) is 27.2 Å². The highest BCUT2D eigenvalue weighted by Crippen LogP contribution is 2.44. The molecule has 0 unspecified atom stereocenters. The van der Waals surface area contributed by atoms with E-state index in [-0.39, 0.29) is 12.5 Å². The van der Waals surface area contributed by atoms with E-state index in [2.05, 4.69) is 29.6 Å². The van der Waals surface area contributed by atoms with E-state index in [1.807, 2.05) is 46.9 Å². The molecule has 1 atom stereocenters. The zero-order chi connectivity index (χ0) is 24.4. The molecule has 2 N–H and O–H groups in total. The number of nitrogens with one attached hydrogen (secondary N) is 1. The number of fused-ring (bicyclic) bond motifs is 3. The molecule has 174 valence electrons. The lowest BCUT2D eigenvalue weighted by Crippen LogP contribution is -2.40. The fourth-order valence-electron chi connectivity index (χ4n) is 4.04. The third-order valence-electron chi connectivity index (χ3n) is 6.06. The first-order chi connectivity index (χ1) is 16.3. The fourth-order valence-corrected chi connectivity index (χ4v) is 4.69. The minimum atomic E-state index is -1.08. The summed E-state index contributed by atoms with van der Waals surface area (Å²) < 4.78 is 6.21. The first-order valence-corrected chi connectivity index (χ1v) is 11.8. The summed E-state index contributed by atoms with van der Waals surface area (Å²) in [4.78, 5) is 37.4. The van der Waals surface area contributed by atoms with Crippen molar-refractivity contribution in [1.29, 1.82) is 0 Å². The van der Waals surface area contributed by atoms with Crippen LogP contribution in [0, 0.1) is 3.57 Å². The molecule has 3 aromatic rings. The third kappa shape index (κ3) is 4.63. The van der Waals surface area contributed by atoms with Gasteiger partial charge in [0.25, 0.3) is 5.91 Å². The minimum absolute atomic E-state index is 0.0380. The van der Waals surface area contributed by atoms with Crippen molar-refractivity contribution >= 4 is 46.2 Å². The molecule has 1 aliphatic rings. The SMILES string of the molecule is C[C@@H](C(=O)O)N(C)C(=O)c1ccc(NC(=O)OCC2c3ccccc3-c3ccccc32)c(I)c1. The summed E-state index contributed by atoms with van der Waals surface area (Å²) in [5, 5.41) is 11.9. The number of likely N-dealkylation sites (N-methyl/N-ethyl adjacent to an activating group) is 1. The molecule has 0 radical (unpaired) electrons. The normalized spacial score (nSPS) is 12.9. The minimum Gasteiger partial charge on any atom is -0.480 e. The zero-order valence-electron chi connectivity index (χ0n) is 18.6. The van der Waals surface area contributed by atoms with E-state index >= 15 is 0 Å². The maximum atomic E-state index is 12.6. The number of carbonyl (C=O) groups is 3. The Morgan fingerprint density at radius 3 is 2.18 bits per heavy atom. The van der Waals surface area contributed by atoms with E-state index in [1.165, 1.54) is 14.0 Å². The number of hydrogen-bond donors (Lipinski definition) is 2. The van der Waals surface area contributed by atoms with Crippen molar-refractivity contribution in [3.05, 3.63) is 87.0 Å². The van der Waals surface area contributed by atoms with Crippen molar-refractivity contribution in [2.45, 2.75) is 18.9 Å². The van der Waals surface area contributed by atoms with Crippen LogP contribution < -0.4 is 5.32 Å². The Morgan fingerprint density at radius 2 is 1.62 bits per heavy atom. The number of amides is 2. The Bertz CT molecular complexity index is 1230. The van der Waals surface area contributed by atoms with Crippen LogP contribution in [0.2, 0.25) is 0 Å². The van der Waals surface area contributed by atoms with Gasteiger partial charge in [0.05, 0.1) is 5.69 Å². The van der Waals surface area contributed by atoms with Crippen LogP contribution in [0.1, 0.15) is 34.3 Å². The summed E-state index contributed by atoms with van der Waals surface area (Å²) >= 11 is 2.02. The highest BCUT2D eigenvalue weighted by atomic mass is 127. The van der Waals surface area contributed by atoms with E-state index in [4.69, 9.17) is 9.84 Å². The topological polar surface area (TPSA) is 95.9 Å². The van der Waals surface area contributed by atoms with Crippen molar-refractivity contribution in [2.24, 2.45) is 0 Å². The smallest absolute Gasteiger partial charge is 0.411 e. The van der Waals surface area contributed by atoms with Crippen molar-refractivity contribution in [3.63, 3.8) is 0 Å². The van der Waals surface area contributed by atoms with Gasteiger partial charge in [-0.3, -0.25) is 10.1 Å². The number of benzene rings is 3. The molecule has 0 saturated carbocycles. The Kier molecular flexibility index (Phi) is 6.87. The van der Waals surface area contributed by atoms with Gasteiger partial charge >= 0.3 is 12.1 Å². The van der Waals surface area contributed by atoms with Crippen LogP contribution in [0.4, 0.5) is 10.5 Å². The molecule has 0 aliphatic heterocycles. The van der Waals surface area contributed by atoms with E-state index in [9.17, 15) is 14.4 Å². The number of aliphatic carboxylic acids is 1. The van der Waals surface area contributed by atoms with Crippen molar-refractivity contribution in [1.82, 2.24) is 4.90 Å². The maximum absolute atomic E-state index is 12.6. The van der Waals surface area contributed by atoms with Gasteiger partial charge in [0.1, 0.15) is 12.6 Å². The number of carboxylic acid groups (broad SMARTS) is 1. The molecule has 2 amide bonds. The van der Waals surface area contributed by atoms with Crippen LogP contribution >= 0.6 is 22.6 Å². The lowest BCUT2D eigenvalue weighted by molar-refractivity contribution is -0.141. The van der Waals surface area contributed by atoms with Gasteiger partial charge in [-0.15, -0.1) is 0 Å². The van der Waals surface area contributed by atoms with Gasteiger partial charge < -0.3 is 14.7 Å². The van der Waals surface area contributed by atoms with Gasteiger partial charge in [-0.25, -0.2) is 9.59 Å². The van der Waals surface area contributed by atoms with Crippen LogP contribution in [0.25, 0.3) is 11.1 Å². The van der Waals surface area contributed by atoms with Crippen LogP contribution in [-0.2, 0) is 9.53 Å². The number of rotatable bonds is 6. The Hall–Kier alpha value is -3.40. The number of carboxylic acids is 1. The largest absolute Gasteiger partial charge is 0.480 e. The fraction of sp³-hybridized carbons (Fsp3) is 0.192. The van der Waals surface area contributed by atoms with Crippen LogP contribution in [0.3, 0.4) is 0 Å². The molecule has 0 fully saturated rings. The average molecular weight is 570 g/mol. The Labute approximate surface area is 210 Å². The number of ether oxygens (including phenoxy) is 1. The van der Waals surface area contributed by atoms with Gasteiger partial charge in [-0.05, 0) is 70.0 Å². The monoisotopic (exact) mass is 570 g/mol. The van der Waals surface area contributed by atoms with E-state index < -0.39 is 24.0 Å². The summed E-state index contributed by atoms with van der Waals surface area (Å²) in [6.45, 7) is 1.64. The number of carbonyl (C=O) groups excluding carboxylic acids is 2. The molecule has 4 rings (SSSR count). The molecule has 0 saturated heterocycles. The number of anilines is 1. The third-order valence-corrected chi connectivity index (χ3v) is 6.95. The second-order valence-corrected chi connectivity index (χ2v) is 9.24. The van der Waals surface area contributed by atoms with Crippen LogP contribution in [0.5, 0.6) is 0 Å². The molecule has 0 heterocycles. The highest BCUT2D eigenvalue weighted by Gasteiger charge is 2.29. The summed E-state index contributed by atoms with van der Waals surface area (Å²) in [6.07, 6.45) is -0.588. The molecule has 8 heteroatoms. The molecule has 3 aromatic carbocycles. The summed E-state index contributed by atoms with van der Waals surface area (Å²) in [7, 11) is 1.44. The first kappa shape index (κ1) is 23.7. The van der Waals surface area contributed by atoms with Crippen LogP contribution in [0.15, 0.2) is 66.7 Å². The first-order valence-electron chi connectivity index (χ1n) is 10.7. The van der Waals surface area contributed by atoms with Gasteiger partial charge in [0, 0.05) is 22.1 Å². The summed E-state index contributed by atoms with van der Waals surface area (Å²) in [6, 6.07) is 20.0. The summed E-state index contributed by atoms with van der Waals surface area (Å²) in [5.41, 5.74) is 5.41. The molecular formula is C26H23IN2O5. The van der Waals surface area contributed by atoms with Gasteiger partial charge in [0.15, 0.2) is 0 Å². The lowest BCUT2D eigenvalue weighted by atomic mass is 9.98. The van der Waals surface area contributed by atoms with Gasteiger partial charge in [0.2, 0.25) is 0 Å². The average Bonchev–Trinajstić information content (AvgIpc) is 3.16. The molecule has 0 bridgehead atoms. The Balaban J connectivity index is 1.42. The van der Waals surface area contributed by atoms with Crippen molar-refractivity contribution in [3.8, 4) is 11.1 Å². The van der Waals surface area contributed by atoms with Crippen molar-refractivity contribution < 1.29 is 24.2 Å². The molecule has 1 aliphatic carbocycles.